The standard InChI is InChI=1S/C20H28N4O3/c1-20(2,3)27-19(26)24-12-10-23(11-13-24)9-8-21-18(25)16-14-22-17-7-5-4-6-15(16)17/h4-7,14,22H,8-13H2,1-3H3,(H,21,25). The van der Waals surface area contributed by atoms with Crippen molar-refractivity contribution in [1.82, 2.24) is 20.1 Å². The maximum Gasteiger partial charge on any atom is 0.410 e. The molecule has 27 heavy (non-hydrogen) atoms. The molecule has 0 spiro atoms. The highest BCUT2D eigenvalue weighted by atomic mass is 16.6. The van der Waals surface area contributed by atoms with Gasteiger partial charge in [0.1, 0.15) is 5.60 Å². The van der Waals surface area contributed by atoms with E-state index in [4.69, 9.17) is 4.74 Å². The van der Waals surface area contributed by atoms with Crippen molar-refractivity contribution < 1.29 is 14.3 Å². The highest BCUT2D eigenvalue weighted by Crippen LogP contribution is 2.17. The summed E-state index contributed by atoms with van der Waals surface area (Å²) in [6, 6.07) is 7.77. The molecular weight excluding hydrogens is 344 g/mol. The normalized spacial score (nSPS) is 15.7. The topological polar surface area (TPSA) is 77.7 Å². The van der Waals surface area contributed by atoms with E-state index in [1.54, 1.807) is 11.1 Å². The average Bonchev–Trinajstić information content (AvgIpc) is 3.05. The van der Waals surface area contributed by atoms with E-state index in [9.17, 15) is 9.59 Å². The molecule has 2 N–H and O–H groups in total. The number of rotatable bonds is 4. The van der Waals surface area contributed by atoms with Gasteiger partial charge in [-0.25, -0.2) is 4.79 Å². The van der Waals surface area contributed by atoms with Gasteiger partial charge in [0, 0.05) is 56.4 Å². The van der Waals surface area contributed by atoms with E-state index in [0.717, 1.165) is 30.5 Å². The Bertz CT molecular complexity index is 801. The van der Waals surface area contributed by atoms with Crippen LogP contribution in [0, 0.1) is 0 Å². The van der Waals surface area contributed by atoms with E-state index in [2.05, 4.69) is 15.2 Å². The number of nitrogens with zero attached hydrogens (tertiary/aromatic N) is 2. The maximum atomic E-state index is 12.4. The quantitative estimate of drug-likeness (QED) is 0.864. The van der Waals surface area contributed by atoms with Gasteiger partial charge in [-0.1, -0.05) is 18.2 Å². The first-order valence-electron chi connectivity index (χ1n) is 9.38. The second-order valence-electron chi connectivity index (χ2n) is 7.81. The van der Waals surface area contributed by atoms with Crippen molar-refractivity contribution in [3.05, 3.63) is 36.0 Å². The zero-order chi connectivity index (χ0) is 19.4. The van der Waals surface area contributed by atoms with Gasteiger partial charge in [0.05, 0.1) is 5.56 Å². The number of hydrogen-bond acceptors (Lipinski definition) is 4. The Hall–Kier alpha value is -2.54. The van der Waals surface area contributed by atoms with E-state index in [1.807, 2.05) is 45.0 Å². The fourth-order valence-corrected chi connectivity index (χ4v) is 3.16. The van der Waals surface area contributed by atoms with E-state index >= 15 is 0 Å². The predicted octanol–water partition coefficient (Wildman–Crippen LogP) is 2.45. The smallest absolute Gasteiger partial charge is 0.410 e. The van der Waals surface area contributed by atoms with E-state index < -0.39 is 5.60 Å². The van der Waals surface area contributed by atoms with Gasteiger partial charge in [-0.05, 0) is 26.8 Å². The van der Waals surface area contributed by atoms with Crippen LogP contribution < -0.4 is 5.32 Å². The maximum absolute atomic E-state index is 12.4. The molecule has 1 saturated heterocycles. The molecule has 1 aliphatic rings. The van der Waals surface area contributed by atoms with Gasteiger partial charge in [0.2, 0.25) is 0 Å². The number of carbonyl (C=O) groups is 2. The molecule has 0 radical (unpaired) electrons. The van der Waals surface area contributed by atoms with Gasteiger partial charge in [-0.2, -0.15) is 0 Å². The van der Waals surface area contributed by atoms with E-state index in [1.165, 1.54) is 0 Å². The highest BCUT2D eigenvalue weighted by molar-refractivity contribution is 6.06. The lowest BCUT2D eigenvalue weighted by atomic mass is 10.1. The highest BCUT2D eigenvalue weighted by Gasteiger charge is 2.25. The minimum absolute atomic E-state index is 0.0696. The molecule has 1 aliphatic heterocycles. The van der Waals surface area contributed by atoms with Crippen molar-refractivity contribution in [3.63, 3.8) is 0 Å². The fourth-order valence-electron chi connectivity index (χ4n) is 3.16. The summed E-state index contributed by atoms with van der Waals surface area (Å²) in [5.74, 6) is -0.0696. The van der Waals surface area contributed by atoms with Crippen LogP contribution in [-0.4, -0.2) is 71.7 Å². The van der Waals surface area contributed by atoms with Crippen molar-refractivity contribution in [3.8, 4) is 0 Å². The summed E-state index contributed by atoms with van der Waals surface area (Å²) in [5, 5.41) is 3.92. The Morgan fingerprint density at radius 1 is 1.15 bits per heavy atom. The van der Waals surface area contributed by atoms with Crippen molar-refractivity contribution in [1.29, 1.82) is 0 Å². The zero-order valence-electron chi connectivity index (χ0n) is 16.2. The van der Waals surface area contributed by atoms with E-state index in [-0.39, 0.29) is 12.0 Å². The van der Waals surface area contributed by atoms with E-state index in [0.29, 0.717) is 25.2 Å². The van der Waals surface area contributed by atoms with Gasteiger partial charge in [-0.15, -0.1) is 0 Å². The van der Waals surface area contributed by atoms with Crippen LogP contribution in [0.15, 0.2) is 30.5 Å². The summed E-state index contributed by atoms with van der Waals surface area (Å²) in [5.41, 5.74) is 1.15. The number of amides is 2. The molecule has 7 nitrogen and oxygen atoms in total. The van der Waals surface area contributed by atoms with Crippen LogP contribution in [0.2, 0.25) is 0 Å². The number of ether oxygens (including phenoxy) is 1. The third-order valence-electron chi connectivity index (χ3n) is 4.57. The lowest BCUT2D eigenvalue weighted by molar-refractivity contribution is 0.0147. The third kappa shape index (κ3) is 5.01. The van der Waals surface area contributed by atoms with Crippen LogP contribution in [0.25, 0.3) is 10.9 Å². The first-order chi connectivity index (χ1) is 12.8. The Morgan fingerprint density at radius 3 is 2.56 bits per heavy atom. The molecule has 1 aromatic heterocycles. The Morgan fingerprint density at radius 2 is 1.85 bits per heavy atom. The lowest BCUT2D eigenvalue weighted by Gasteiger charge is -2.35. The van der Waals surface area contributed by atoms with Crippen LogP contribution in [0.4, 0.5) is 4.79 Å². The number of fused-ring (bicyclic) bond motifs is 1. The van der Waals surface area contributed by atoms with Gasteiger partial charge < -0.3 is 19.9 Å². The Kier molecular flexibility index (Phi) is 5.70. The molecule has 0 aliphatic carbocycles. The molecule has 2 aromatic rings. The minimum atomic E-state index is -0.471. The number of piperazine rings is 1. The molecule has 0 unspecified atom stereocenters. The monoisotopic (exact) mass is 372 g/mol. The molecular formula is C20H28N4O3. The molecule has 146 valence electrons. The van der Waals surface area contributed by atoms with Crippen molar-refractivity contribution >= 4 is 22.9 Å². The zero-order valence-corrected chi connectivity index (χ0v) is 16.2. The molecule has 1 fully saturated rings. The molecule has 3 rings (SSSR count). The van der Waals surface area contributed by atoms with Crippen molar-refractivity contribution in [2.24, 2.45) is 0 Å². The molecule has 2 amide bonds. The first kappa shape index (κ1) is 19.2. The summed E-state index contributed by atoms with van der Waals surface area (Å²) in [7, 11) is 0. The SMILES string of the molecule is CC(C)(C)OC(=O)N1CCN(CCNC(=O)c2c[nH]c3ccccc23)CC1. The summed E-state index contributed by atoms with van der Waals surface area (Å²) in [4.78, 5) is 31.6. The second-order valence-corrected chi connectivity index (χ2v) is 7.81. The van der Waals surface area contributed by atoms with Crippen LogP contribution in [0.3, 0.4) is 0 Å². The van der Waals surface area contributed by atoms with Gasteiger partial charge in [-0.3, -0.25) is 9.69 Å². The van der Waals surface area contributed by atoms with Crippen LogP contribution in [0.1, 0.15) is 31.1 Å². The summed E-state index contributed by atoms with van der Waals surface area (Å²) in [6.07, 6.45) is 1.49. The fraction of sp³-hybridized carbons (Fsp3) is 0.500. The number of para-hydroxylation sites is 1. The predicted molar refractivity (Wildman–Crippen MR) is 105 cm³/mol. The molecule has 1 aromatic carbocycles. The van der Waals surface area contributed by atoms with Gasteiger partial charge in [0.15, 0.2) is 0 Å². The second kappa shape index (κ2) is 8.00. The minimum Gasteiger partial charge on any atom is -0.444 e. The number of aromatic amines is 1. The Labute approximate surface area is 159 Å². The number of H-pyrrole nitrogens is 1. The third-order valence-corrected chi connectivity index (χ3v) is 4.57. The van der Waals surface area contributed by atoms with Gasteiger partial charge >= 0.3 is 6.09 Å². The molecule has 0 bridgehead atoms. The van der Waals surface area contributed by atoms with Crippen LogP contribution >= 0.6 is 0 Å². The molecule has 0 saturated carbocycles. The summed E-state index contributed by atoms with van der Waals surface area (Å²) >= 11 is 0. The Balaban J connectivity index is 1.42. The number of hydrogen-bond donors (Lipinski definition) is 2. The van der Waals surface area contributed by atoms with Crippen LogP contribution in [0.5, 0.6) is 0 Å². The molecule has 7 heteroatoms. The largest absolute Gasteiger partial charge is 0.444 e. The number of benzene rings is 1. The first-order valence-corrected chi connectivity index (χ1v) is 9.38. The van der Waals surface area contributed by atoms with Crippen molar-refractivity contribution in [2.45, 2.75) is 26.4 Å². The number of aromatic nitrogens is 1. The molecule has 2 heterocycles. The van der Waals surface area contributed by atoms with Crippen LogP contribution in [-0.2, 0) is 4.74 Å². The number of carbonyl (C=O) groups excluding carboxylic acids is 2. The lowest BCUT2D eigenvalue weighted by Crippen LogP contribution is -2.51. The average molecular weight is 372 g/mol. The molecule has 0 atom stereocenters. The summed E-state index contributed by atoms with van der Waals surface area (Å²) in [6.45, 7) is 9.80. The number of nitrogens with one attached hydrogen (secondary N) is 2. The van der Waals surface area contributed by atoms with Crippen molar-refractivity contribution in [2.75, 3.05) is 39.3 Å². The van der Waals surface area contributed by atoms with Gasteiger partial charge in [0.25, 0.3) is 5.91 Å². The summed E-state index contributed by atoms with van der Waals surface area (Å²) < 4.78 is 5.41.